The van der Waals surface area contributed by atoms with Crippen molar-refractivity contribution in [2.45, 2.75) is 20.4 Å². The van der Waals surface area contributed by atoms with Crippen LogP contribution in [0.1, 0.15) is 29.8 Å². The molecule has 3 heteroatoms. The minimum atomic E-state index is 0.0790. The van der Waals surface area contributed by atoms with E-state index in [2.05, 4.69) is 0 Å². The van der Waals surface area contributed by atoms with E-state index in [0.29, 0.717) is 6.54 Å². The molecule has 1 rings (SSSR count). The minimum absolute atomic E-state index is 0.0790. The summed E-state index contributed by atoms with van der Waals surface area (Å²) in [7, 11) is 0. The number of hydrogen-bond acceptors (Lipinski definition) is 2. The second-order valence-corrected chi connectivity index (χ2v) is 3.38. The van der Waals surface area contributed by atoms with E-state index in [4.69, 9.17) is 5.73 Å². The van der Waals surface area contributed by atoms with Gasteiger partial charge >= 0.3 is 0 Å². The van der Waals surface area contributed by atoms with Gasteiger partial charge in [0.1, 0.15) is 0 Å². The monoisotopic (exact) mass is 206 g/mol. The van der Waals surface area contributed by atoms with Crippen LogP contribution in [0.25, 0.3) is 0 Å². The topological polar surface area (TPSA) is 46.3 Å². The Balaban J connectivity index is 2.90. The fourth-order valence-electron chi connectivity index (χ4n) is 1.52. The summed E-state index contributed by atoms with van der Waals surface area (Å²) < 4.78 is 0. The molecule has 2 N–H and O–H groups in total. The Labute approximate surface area is 90.9 Å². The number of nitrogens with zero attached hydrogens (tertiary/aromatic N) is 1. The summed E-state index contributed by atoms with van der Waals surface area (Å²) in [6.07, 6.45) is 0. The van der Waals surface area contributed by atoms with Crippen molar-refractivity contribution in [2.24, 2.45) is 5.73 Å². The first-order valence-electron chi connectivity index (χ1n) is 5.31. The molecule has 0 saturated heterocycles. The summed E-state index contributed by atoms with van der Waals surface area (Å²) in [6, 6.07) is 7.50. The number of amides is 1. The summed E-state index contributed by atoms with van der Waals surface area (Å²) in [5.41, 5.74) is 7.25. The summed E-state index contributed by atoms with van der Waals surface area (Å²) >= 11 is 0. The summed E-state index contributed by atoms with van der Waals surface area (Å²) in [4.78, 5) is 13.8. The molecule has 0 fully saturated rings. The van der Waals surface area contributed by atoms with Gasteiger partial charge in [0.05, 0.1) is 0 Å². The lowest BCUT2D eigenvalue weighted by atomic mass is 10.1. The number of hydrogen-bond donors (Lipinski definition) is 1. The van der Waals surface area contributed by atoms with E-state index in [0.717, 1.165) is 24.2 Å². The molecule has 0 radical (unpaired) electrons. The molecule has 0 spiro atoms. The molecule has 0 aliphatic rings. The highest BCUT2D eigenvalue weighted by molar-refractivity contribution is 5.94. The van der Waals surface area contributed by atoms with E-state index in [1.165, 1.54) is 0 Å². The van der Waals surface area contributed by atoms with Gasteiger partial charge in [-0.3, -0.25) is 4.79 Å². The van der Waals surface area contributed by atoms with Crippen molar-refractivity contribution in [3.8, 4) is 0 Å². The Hall–Kier alpha value is -1.35. The van der Waals surface area contributed by atoms with Gasteiger partial charge in [0.2, 0.25) is 0 Å². The Kier molecular flexibility index (Phi) is 4.31. The van der Waals surface area contributed by atoms with E-state index < -0.39 is 0 Å². The standard InChI is InChI=1S/C12H18N2O/c1-3-14(4-2)12(15)11-7-5-6-10(8-11)9-13/h5-8H,3-4,9,13H2,1-2H3. The Morgan fingerprint density at radius 2 is 2.00 bits per heavy atom. The van der Waals surface area contributed by atoms with Crippen LogP contribution in [-0.4, -0.2) is 23.9 Å². The van der Waals surface area contributed by atoms with Gasteiger partial charge in [-0.05, 0) is 31.5 Å². The molecule has 0 aromatic heterocycles. The molecule has 0 bridgehead atoms. The van der Waals surface area contributed by atoms with E-state index in [1.54, 1.807) is 4.90 Å². The molecule has 15 heavy (non-hydrogen) atoms. The van der Waals surface area contributed by atoms with Crippen LogP contribution in [0.2, 0.25) is 0 Å². The first kappa shape index (κ1) is 11.7. The van der Waals surface area contributed by atoms with Crippen LogP contribution in [0.5, 0.6) is 0 Å². The minimum Gasteiger partial charge on any atom is -0.339 e. The first-order valence-corrected chi connectivity index (χ1v) is 5.31. The lowest BCUT2D eigenvalue weighted by Gasteiger charge is -2.18. The van der Waals surface area contributed by atoms with E-state index >= 15 is 0 Å². The quantitative estimate of drug-likeness (QED) is 0.813. The van der Waals surface area contributed by atoms with Gasteiger partial charge in [0.25, 0.3) is 5.91 Å². The molecule has 1 aromatic rings. The van der Waals surface area contributed by atoms with Crippen LogP contribution in [0.15, 0.2) is 24.3 Å². The largest absolute Gasteiger partial charge is 0.339 e. The summed E-state index contributed by atoms with van der Waals surface area (Å²) in [5.74, 6) is 0.0790. The number of nitrogens with two attached hydrogens (primary N) is 1. The second-order valence-electron chi connectivity index (χ2n) is 3.38. The van der Waals surface area contributed by atoms with Gasteiger partial charge in [0, 0.05) is 25.2 Å². The average molecular weight is 206 g/mol. The average Bonchev–Trinajstić information content (AvgIpc) is 2.30. The van der Waals surface area contributed by atoms with Crippen LogP contribution < -0.4 is 5.73 Å². The lowest BCUT2D eigenvalue weighted by molar-refractivity contribution is 0.0773. The molecule has 0 saturated carbocycles. The van der Waals surface area contributed by atoms with Crippen LogP contribution in [0.3, 0.4) is 0 Å². The van der Waals surface area contributed by atoms with Gasteiger partial charge in [-0.15, -0.1) is 0 Å². The molecule has 0 atom stereocenters. The maximum absolute atomic E-state index is 12.0. The van der Waals surface area contributed by atoms with E-state index in [1.807, 2.05) is 38.1 Å². The highest BCUT2D eigenvalue weighted by Crippen LogP contribution is 2.08. The molecule has 1 aromatic carbocycles. The molecule has 0 aliphatic carbocycles. The van der Waals surface area contributed by atoms with Gasteiger partial charge in [-0.1, -0.05) is 12.1 Å². The first-order chi connectivity index (χ1) is 7.22. The van der Waals surface area contributed by atoms with Gasteiger partial charge in [-0.2, -0.15) is 0 Å². The van der Waals surface area contributed by atoms with Crippen molar-refractivity contribution in [3.05, 3.63) is 35.4 Å². The number of carbonyl (C=O) groups is 1. The van der Waals surface area contributed by atoms with Crippen molar-refractivity contribution in [3.63, 3.8) is 0 Å². The van der Waals surface area contributed by atoms with Crippen molar-refractivity contribution in [1.82, 2.24) is 4.90 Å². The van der Waals surface area contributed by atoms with Crippen LogP contribution in [-0.2, 0) is 6.54 Å². The molecule has 1 amide bonds. The highest BCUT2D eigenvalue weighted by atomic mass is 16.2. The van der Waals surface area contributed by atoms with Crippen molar-refractivity contribution < 1.29 is 4.79 Å². The molecule has 82 valence electrons. The SMILES string of the molecule is CCN(CC)C(=O)c1cccc(CN)c1. The Morgan fingerprint density at radius 1 is 1.33 bits per heavy atom. The molecular weight excluding hydrogens is 188 g/mol. The second kappa shape index (κ2) is 5.51. The van der Waals surface area contributed by atoms with Gasteiger partial charge in [0.15, 0.2) is 0 Å². The van der Waals surface area contributed by atoms with E-state index in [-0.39, 0.29) is 5.91 Å². The van der Waals surface area contributed by atoms with Crippen LogP contribution in [0.4, 0.5) is 0 Å². The molecule has 0 aliphatic heterocycles. The molecule has 0 heterocycles. The maximum atomic E-state index is 12.0. The zero-order chi connectivity index (χ0) is 11.3. The summed E-state index contributed by atoms with van der Waals surface area (Å²) in [5, 5.41) is 0. The third-order valence-corrected chi connectivity index (χ3v) is 2.46. The third-order valence-electron chi connectivity index (χ3n) is 2.46. The zero-order valence-electron chi connectivity index (χ0n) is 9.36. The number of carbonyl (C=O) groups excluding carboxylic acids is 1. The van der Waals surface area contributed by atoms with Crippen LogP contribution >= 0.6 is 0 Å². The Morgan fingerprint density at radius 3 is 2.53 bits per heavy atom. The van der Waals surface area contributed by atoms with Crippen LogP contribution in [0, 0.1) is 0 Å². The maximum Gasteiger partial charge on any atom is 0.253 e. The molecule has 3 nitrogen and oxygen atoms in total. The predicted octanol–water partition coefficient (Wildman–Crippen LogP) is 1.63. The number of benzene rings is 1. The Bertz CT molecular complexity index is 332. The van der Waals surface area contributed by atoms with Crippen molar-refractivity contribution in [2.75, 3.05) is 13.1 Å². The van der Waals surface area contributed by atoms with Gasteiger partial charge in [-0.25, -0.2) is 0 Å². The fourth-order valence-corrected chi connectivity index (χ4v) is 1.52. The number of rotatable bonds is 4. The molecular formula is C12H18N2O. The van der Waals surface area contributed by atoms with E-state index in [9.17, 15) is 4.79 Å². The van der Waals surface area contributed by atoms with Gasteiger partial charge < -0.3 is 10.6 Å². The predicted molar refractivity (Wildman–Crippen MR) is 61.6 cm³/mol. The highest BCUT2D eigenvalue weighted by Gasteiger charge is 2.11. The smallest absolute Gasteiger partial charge is 0.253 e. The zero-order valence-corrected chi connectivity index (χ0v) is 9.36. The third kappa shape index (κ3) is 2.80. The summed E-state index contributed by atoms with van der Waals surface area (Å²) in [6.45, 7) is 5.91. The van der Waals surface area contributed by atoms with Crippen molar-refractivity contribution >= 4 is 5.91 Å². The van der Waals surface area contributed by atoms with Crippen molar-refractivity contribution in [1.29, 1.82) is 0 Å². The normalized spacial score (nSPS) is 10.1. The lowest BCUT2D eigenvalue weighted by Crippen LogP contribution is -2.30. The molecule has 0 unspecified atom stereocenters. The fraction of sp³-hybridized carbons (Fsp3) is 0.417.